The van der Waals surface area contributed by atoms with Crippen LogP contribution < -0.4 is 15.8 Å². The van der Waals surface area contributed by atoms with Crippen LogP contribution in [-0.4, -0.2) is 52.5 Å². The molecule has 1 fully saturated rings. The molecule has 4 heterocycles. The van der Waals surface area contributed by atoms with Crippen LogP contribution in [0.3, 0.4) is 0 Å². The van der Waals surface area contributed by atoms with Crippen molar-refractivity contribution in [3.05, 3.63) is 47.4 Å². The number of hydrogen-bond donors (Lipinski definition) is 2. The fourth-order valence-corrected chi connectivity index (χ4v) is 6.06. The van der Waals surface area contributed by atoms with Gasteiger partial charge in [-0.3, -0.25) is 0 Å². The molecule has 11 heteroatoms. The molecule has 3 aromatic rings. The SMILES string of the molecule is CC[C@@](C)(N)c1cnc(OC2CC(S(C)(=O)=O)C2)c2cnc(Nc3ccc4c(n3)[C@@H](C)C(C)(C)OC4=O)cc12. The number of anilines is 2. The van der Waals surface area contributed by atoms with Crippen LogP contribution in [0.15, 0.2) is 30.6 Å². The number of rotatable bonds is 7. The lowest BCUT2D eigenvalue weighted by Crippen LogP contribution is -2.42. The van der Waals surface area contributed by atoms with E-state index >= 15 is 0 Å². The maximum atomic E-state index is 12.5. The van der Waals surface area contributed by atoms with Crippen molar-refractivity contribution in [2.75, 3.05) is 11.6 Å². The highest BCUT2D eigenvalue weighted by molar-refractivity contribution is 7.91. The van der Waals surface area contributed by atoms with E-state index in [2.05, 4.69) is 15.3 Å². The molecule has 0 amide bonds. The Balaban J connectivity index is 1.49. The largest absolute Gasteiger partial charge is 0.474 e. The molecule has 0 spiro atoms. The lowest BCUT2D eigenvalue weighted by atomic mass is 9.84. The van der Waals surface area contributed by atoms with E-state index in [0.717, 1.165) is 10.9 Å². The molecular weight excluding hydrogens is 518 g/mol. The Morgan fingerprint density at radius 3 is 2.56 bits per heavy atom. The summed E-state index contributed by atoms with van der Waals surface area (Å²) in [5, 5.41) is 4.42. The number of nitrogens with zero attached hydrogens (tertiary/aromatic N) is 3. The first-order valence-electron chi connectivity index (χ1n) is 13.1. The van der Waals surface area contributed by atoms with E-state index in [1.165, 1.54) is 6.26 Å². The highest BCUT2D eigenvalue weighted by Gasteiger charge is 2.40. The fourth-order valence-electron chi connectivity index (χ4n) is 4.93. The topological polar surface area (TPSA) is 146 Å². The molecule has 0 saturated heterocycles. The number of sulfone groups is 1. The molecule has 2 atom stereocenters. The van der Waals surface area contributed by atoms with E-state index in [-0.39, 0.29) is 23.2 Å². The van der Waals surface area contributed by atoms with Gasteiger partial charge in [0, 0.05) is 42.9 Å². The van der Waals surface area contributed by atoms with Crippen LogP contribution in [0.4, 0.5) is 11.6 Å². The third-order valence-electron chi connectivity index (χ3n) is 8.23. The van der Waals surface area contributed by atoms with Gasteiger partial charge in [0.2, 0.25) is 5.88 Å². The summed E-state index contributed by atoms with van der Waals surface area (Å²) >= 11 is 0. The van der Waals surface area contributed by atoms with E-state index in [0.29, 0.717) is 53.4 Å². The molecule has 2 aliphatic rings. The number of ether oxygens (including phenoxy) is 2. The Labute approximate surface area is 228 Å². The van der Waals surface area contributed by atoms with Gasteiger partial charge in [-0.05, 0) is 56.3 Å². The van der Waals surface area contributed by atoms with Crippen LogP contribution in [0.2, 0.25) is 0 Å². The van der Waals surface area contributed by atoms with E-state index in [4.69, 9.17) is 20.2 Å². The van der Waals surface area contributed by atoms with Crippen molar-refractivity contribution >= 4 is 38.2 Å². The maximum Gasteiger partial charge on any atom is 0.340 e. The first kappa shape index (κ1) is 27.3. The Bertz CT molecular complexity index is 1560. The van der Waals surface area contributed by atoms with Gasteiger partial charge >= 0.3 is 5.97 Å². The van der Waals surface area contributed by atoms with E-state index in [1.54, 1.807) is 24.5 Å². The van der Waals surface area contributed by atoms with E-state index < -0.39 is 21.0 Å². The van der Waals surface area contributed by atoms with Crippen molar-refractivity contribution in [1.82, 2.24) is 15.0 Å². The van der Waals surface area contributed by atoms with E-state index in [1.807, 2.05) is 40.7 Å². The van der Waals surface area contributed by atoms with Crippen LogP contribution in [0, 0.1) is 0 Å². The Kier molecular flexibility index (Phi) is 6.58. The number of carbonyl (C=O) groups excluding carboxylic acids is 1. The summed E-state index contributed by atoms with van der Waals surface area (Å²) in [5.41, 5.74) is 7.32. The Morgan fingerprint density at radius 1 is 1.18 bits per heavy atom. The first-order chi connectivity index (χ1) is 18.2. The summed E-state index contributed by atoms with van der Waals surface area (Å²) in [6.07, 6.45) is 6.00. The normalized spacial score (nSPS) is 23.8. The molecule has 1 aliphatic carbocycles. The molecule has 10 nitrogen and oxygen atoms in total. The summed E-state index contributed by atoms with van der Waals surface area (Å²) in [6, 6.07) is 5.34. The van der Waals surface area contributed by atoms with Gasteiger partial charge in [0.05, 0.1) is 21.9 Å². The van der Waals surface area contributed by atoms with Crippen molar-refractivity contribution < 1.29 is 22.7 Å². The van der Waals surface area contributed by atoms with Crippen LogP contribution >= 0.6 is 0 Å². The average Bonchev–Trinajstić information content (AvgIpc) is 2.83. The highest BCUT2D eigenvalue weighted by Crippen LogP contribution is 2.39. The van der Waals surface area contributed by atoms with Gasteiger partial charge in [0.1, 0.15) is 23.3 Å². The molecule has 39 heavy (non-hydrogen) atoms. The number of nitrogens with one attached hydrogen (secondary N) is 1. The molecule has 0 aromatic carbocycles. The minimum Gasteiger partial charge on any atom is -0.474 e. The van der Waals surface area contributed by atoms with Crippen molar-refractivity contribution in [3.63, 3.8) is 0 Å². The number of cyclic esters (lactones) is 1. The third-order valence-corrected chi connectivity index (χ3v) is 9.83. The zero-order chi connectivity index (χ0) is 28.3. The molecular formula is C28H35N5O5S. The van der Waals surface area contributed by atoms with Crippen LogP contribution in [0.25, 0.3) is 10.8 Å². The van der Waals surface area contributed by atoms with Gasteiger partial charge in [-0.15, -0.1) is 0 Å². The smallest absolute Gasteiger partial charge is 0.340 e. The second kappa shape index (κ2) is 9.41. The average molecular weight is 554 g/mol. The lowest BCUT2D eigenvalue weighted by molar-refractivity contribution is -0.0189. The summed E-state index contributed by atoms with van der Waals surface area (Å²) < 4.78 is 35.3. The third kappa shape index (κ3) is 5.05. The fraction of sp³-hybridized carbons (Fsp3) is 0.500. The minimum absolute atomic E-state index is 0.0924. The number of fused-ring (bicyclic) bond motifs is 2. The molecule has 0 radical (unpaired) electrons. The van der Waals surface area contributed by atoms with Gasteiger partial charge in [-0.25, -0.2) is 28.2 Å². The molecule has 3 aromatic heterocycles. The molecule has 1 saturated carbocycles. The van der Waals surface area contributed by atoms with Gasteiger partial charge < -0.3 is 20.5 Å². The summed E-state index contributed by atoms with van der Waals surface area (Å²) in [6.45, 7) is 9.71. The van der Waals surface area contributed by atoms with Crippen LogP contribution in [-0.2, 0) is 20.1 Å². The lowest BCUT2D eigenvalue weighted by Gasteiger charge is -2.36. The van der Waals surface area contributed by atoms with E-state index in [9.17, 15) is 13.2 Å². The predicted octanol–water partition coefficient (Wildman–Crippen LogP) is 4.36. The second-order valence-corrected chi connectivity index (χ2v) is 13.8. The number of carbonyl (C=O) groups is 1. The van der Waals surface area contributed by atoms with Crippen molar-refractivity contribution in [2.24, 2.45) is 5.73 Å². The molecule has 1 aliphatic heterocycles. The van der Waals surface area contributed by atoms with Crippen molar-refractivity contribution in [2.45, 2.75) is 82.3 Å². The monoisotopic (exact) mass is 553 g/mol. The standard InChI is InChI=1S/C28H35N5O5S/c1-7-28(5,29)21-14-31-25(37-16-10-17(11-16)39(6,35)36)20-13-30-23(12-19(20)21)32-22-9-8-18-24(33-22)15(2)27(3,4)38-26(18)34/h8-9,12-17H,7,10-11,29H2,1-6H3,(H,30,32,33)/t15-,16?,17?,28-/m1/s1. The summed E-state index contributed by atoms with van der Waals surface area (Å²) in [4.78, 5) is 26.4. The number of pyridine rings is 3. The number of hydrogen-bond acceptors (Lipinski definition) is 10. The van der Waals surface area contributed by atoms with Gasteiger partial charge in [-0.1, -0.05) is 13.8 Å². The highest BCUT2D eigenvalue weighted by atomic mass is 32.2. The molecule has 3 N–H and O–H groups in total. The van der Waals surface area contributed by atoms with Crippen LogP contribution in [0.1, 0.15) is 81.4 Å². The zero-order valence-corrected chi connectivity index (χ0v) is 23.9. The molecule has 5 rings (SSSR count). The zero-order valence-electron chi connectivity index (χ0n) is 23.1. The number of aromatic nitrogens is 3. The molecule has 208 valence electrons. The summed E-state index contributed by atoms with van der Waals surface area (Å²) in [5.74, 6) is 1.03. The van der Waals surface area contributed by atoms with Gasteiger partial charge in [0.15, 0.2) is 9.84 Å². The first-order valence-corrected chi connectivity index (χ1v) is 15.1. The molecule has 0 unspecified atom stereocenters. The molecule has 0 bridgehead atoms. The van der Waals surface area contributed by atoms with Gasteiger partial charge in [-0.2, -0.15) is 0 Å². The summed E-state index contributed by atoms with van der Waals surface area (Å²) in [7, 11) is -3.09. The van der Waals surface area contributed by atoms with Crippen molar-refractivity contribution in [3.8, 4) is 5.88 Å². The van der Waals surface area contributed by atoms with Crippen molar-refractivity contribution in [1.29, 1.82) is 0 Å². The number of nitrogens with two attached hydrogens (primary N) is 1. The van der Waals surface area contributed by atoms with Crippen LogP contribution in [0.5, 0.6) is 5.88 Å². The predicted molar refractivity (Wildman–Crippen MR) is 149 cm³/mol. The Morgan fingerprint density at radius 2 is 1.90 bits per heavy atom. The second-order valence-electron chi connectivity index (χ2n) is 11.5. The Hall–Kier alpha value is -3.31. The minimum atomic E-state index is -3.09. The maximum absolute atomic E-state index is 12.5. The van der Waals surface area contributed by atoms with Gasteiger partial charge in [0.25, 0.3) is 0 Å². The quantitative estimate of drug-likeness (QED) is 0.405. The number of esters is 1.